The lowest BCUT2D eigenvalue weighted by Gasteiger charge is -2.10. The lowest BCUT2D eigenvalue weighted by atomic mass is 10.1. The highest BCUT2D eigenvalue weighted by molar-refractivity contribution is 5.81. The van der Waals surface area contributed by atoms with Crippen LogP contribution >= 0.6 is 0 Å². The third-order valence-electron chi connectivity index (χ3n) is 3.56. The first-order valence-electron chi connectivity index (χ1n) is 7.80. The molecule has 0 radical (unpaired) electrons. The summed E-state index contributed by atoms with van der Waals surface area (Å²) in [6.07, 6.45) is 0.0454. The van der Waals surface area contributed by atoms with Crippen molar-refractivity contribution in [3.63, 3.8) is 0 Å². The topological polar surface area (TPSA) is 73.9 Å². The molecule has 0 saturated carbocycles. The van der Waals surface area contributed by atoms with Crippen LogP contribution in [0.15, 0.2) is 48.5 Å². The van der Waals surface area contributed by atoms with Crippen LogP contribution in [0, 0.1) is 0 Å². The number of amides is 1. The van der Waals surface area contributed by atoms with E-state index in [9.17, 15) is 9.59 Å². The van der Waals surface area contributed by atoms with Crippen LogP contribution in [0.2, 0.25) is 0 Å². The van der Waals surface area contributed by atoms with E-state index in [0.717, 1.165) is 5.56 Å². The Kier molecular flexibility index (Phi) is 6.83. The summed E-state index contributed by atoms with van der Waals surface area (Å²) in [7, 11) is 3.11. The summed E-state index contributed by atoms with van der Waals surface area (Å²) in [5, 5.41) is 2.69. The summed E-state index contributed by atoms with van der Waals surface area (Å²) < 4.78 is 15.4. The maximum Gasteiger partial charge on any atom is 0.310 e. The van der Waals surface area contributed by atoms with E-state index in [1.807, 2.05) is 36.4 Å². The molecule has 2 aromatic rings. The van der Waals surface area contributed by atoms with Gasteiger partial charge in [0.25, 0.3) is 5.91 Å². The molecule has 2 aromatic carbocycles. The van der Waals surface area contributed by atoms with Crippen LogP contribution in [0.25, 0.3) is 0 Å². The lowest BCUT2D eigenvalue weighted by Crippen LogP contribution is -2.28. The molecule has 0 fully saturated rings. The van der Waals surface area contributed by atoms with E-state index < -0.39 is 5.97 Å². The highest BCUT2D eigenvalue weighted by Crippen LogP contribution is 2.18. The van der Waals surface area contributed by atoms with Gasteiger partial charge in [-0.2, -0.15) is 0 Å². The Morgan fingerprint density at radius 3 is 2.08 bits per heavy atom. The summed E-state index contributed by atoms with van der Waals surface area (Å²) in [6, 6.07) is 14.6. The van der Waals surface area contributed by atoms with E-state index in [2.05, 4.69) is 5.32 Å². The number of para-hydroxylation sites is 2. The summed E-state index contributed by atoms with van der Waals surface area (Å²) in [4.78, 5) is 23.7. The van der Waals surface area contributed by atoms with Gasteiger partial charge < -0.3 is 19.5 Å². The molecule has 0 aliphatic heterocycles. The van der Waals surface area contributed by atoms with E-state index in [4.69, 9.17) is 14.2 Å². The molecule has 1 N–H and O–H groups in total. The minimum Gasteiger partial charge on any atom is -0.496 e. The molecule has 0 aromatic heterocycles. The lowest BCUT2D eigenvalue weighted by molar-refractivity contribution is -0.147. The Morgan fingerprint density at radius 2 is 1.44 bits per heavy atom. The molecule has 0 atom stereocenters. The van der Waals surface area contributed by atoms with Gasteiger partial charge >= 0.3 is 5.97 Å². The summed E-state index contributed by atoms with van der Waals surface area (Å²) >= 11 is 0. The molecule has 2 rings (SSSR count). The SMILES string of the molecule is COc1ccccc1CNC(=O)COC(=O)Cc1ccccc1OC. The van der Waals surface area contributed by atoms with Crippen LogP contribution in [0.3, 0.4) is 0 Å². The van der Waals surface area contributed by atoms with Crippen molar-refractivity contribution >= 4 is 11.9 Å². The van der Waals surface area contributed by atoms with Crippen molar-refractivity contribution in [2.75, 3.05) is 20.8 Å². The summed E-state index contributed by atoms with van der Waals surface area (Å²) in [5.41, 5.74) is 1.56. The number of methoxy groups -OCH3 is 2. The molecular formula is C19H21NO5. The van der Waals surface area contributed by atoms with E-state index >= 15 is 0 Å². The van der Waals surface area contributed by atoms with Crippen molar-refractivity contribution in [3.05, 3.63) is 59.7 Å². The second-order valence-corrected chi connectivity index (χ2v) is 5.24. The molecule has 0 heterocycles. The first-order valence-corrected chi connectivity index (χ1v) is 7.80. The number of ether oxygens (including phenoxy) is 3. The predicted octanol–water partition coefficient (Wildman–Crippen LogP) is 2.11. The normalized spacial score (nSPS) is 10.0. The fourth-order valence-electron chi connectivity index (χ4n) is 2.30. The van der Waals surface area contributed by atoms with Gasteiger partial charge in [-0.25, -0.2) is 0 Å². The van der Waals surface area contributed by atoms with Gasteiger partial charge in [0, 0.05) is 17.7 Å². The van der Waals surface area contributed by atoms with Gasteiger partial charge in [0.2, 0.25) is 0 Å². The standard InChI is InChI=1S/C19H21NO5/c1-23-16-9-5-3-7-14(16)11-19(22)25-13-18(21)20-12-15-8-4-6-10-17(15)24-2/h3-10H,11-13H2,1-2H3,(H,20,21). The number of hydrogen-bond donors (Lipinski definition) is 1. The fourth-order valence-corrected chi connectivity index (χ4v) is 2.30. The van der Waals surface area contributed by atoms with Crippen molar-refractivity contribution in [2.24, 2.45) is 0 Å². The van der Waals surface area contributed by atoms with Crippen LogP contribution in [0.1, 0.15) is 11.1 Å². The molecule has 0 unspecified atom stereocenters. The number of hydrogen-bond acceptors (Lipinski definition) is 5. The molecular weight excluding hydrogens is 322 g/mol. The van der Waals surface area contributed by atoms with Gasteiger partial charge in [-0.15, -0.1) is 0 Å². The van der Waals surface area contributed by atoms with Crippen LogP contribution in [0.5, 0.6) is 11.5 Å². The van der Waals surface area contributed by atoms with Crippen molar-refractivity contribution in [1.29, 1.82) is 0 Å². The van der Waals surface area contributed by atoms with E-state index in [1.54, 1.807) is 19.2 Å². The molecule has 0 spiro atoms. The van der Waals surface area contributed by atoms with Crippen molar-refractivity contribution in [3.8, 4) is 11.5 Å². The number of esters is 1. The first kappa shape index (κ1) is 18.3. The maximum absolute atomic E-state index is 11.9. The van der Waals surface area contributed by atoms with Gasteiger partial charge in [0.1, 0.15) is 11.5 Å². The molecule has 6 nitrogen and oxygen atoms in total. The van der Waals surface area contributed by atoms with Crippen LogP contribution < -0.4 is 14.8 Å². The number of carbonyl (C=O) groups is 2. The smallest absolute Gasteiger partial charge is 0.310 e. The van der Waals surface area contributed by atoms with E-state index in [-0.39, 0.29) is 18.9 Å². The minimum absolute atomic E-state index is 0.0454. The Labute approximate surface area is 146 Å². The van der Waals surface area contributed by atoms with Crippen molar-refractivity contribution in [2.45, 2.75) is 13.0 Å². The second kappa shape index (κ2) is 9.32. The number of benzene rings is 2. The monoisotopic (exact) mass is 343 g/mol. The van der Waals surface area contributed by atoms with Crippen LogP contribution in [-0.2, 0) is 27.3 Å². The zero-order valence-corrected chi connectivity index (χ0v) is 14.3. The molecule has 0 aliphatic rings. The largest absolute Gasteiger partial charge is 0.496 e. The molecule has 1 amide bonds. The first-order chi connectivity index (χ1) is 12.1. The number of rotatable bonds is 8. The van der Waals surface area contributed by atoms with Gasteiger partial charge in [-0.1, -0.05) is 36.4 Å². The average Bonchev–Trinajstić information content (AvgIpc) is 2.65. The molecule has 132 valence electrons. The molecule has 0 saturated heterocycles. The Morgan fingerprint density at radius 1 is 0.880 bits per heavy atom. The summed E-state index contributed by atoms with van der Waals surface area (Å²) in [6.45, 7) is -0.0317. The van der Waals surface area contributed by atoms with Crippen LogP contribution in [0.4, 0.5) is 0 Å². The van der Waals surface area contributed by atoms with Crippen molar-refractivity contribution < 1.29 is 23.8 Å². The summed E-state index contributed by atoms with van der Waals surface area (Å²) in [5.74, 6) is 0.437. The highest BCUT2D eigenvalue weighted by atomic mass is 16.5. The third-order valence-corrected chi connectivity index (χ3v) is 3.56. The van der Waals surface area contributed by atoms with Gasteiger partial charge in [0.05, 0.1) is 20.6 Å². The second-order valence-electron chi connectivity index (χ2n) is 5.24. The van der Waals surface area contributed by atoms with E-state index in [1.165, 1.54) is 7.11 Å². The maximum atomic E-state index is 11.9. The molecule has 6 heteroatoms. The Bertz CT molecular complexity index is 729. The average molecular weight is 343 g/mol. The molecule has 0 aliphatic carbocycles. The minimum atomic E-state index is -0.489. The zero-order valence-electron chi connectivity index (χ0n) is 14.3. The highest BCUT2D eigenvalue weighted by Gasteiger charge is 2.12. The van der Waals surface area contributed by atoms with Gasteiger partial charge in [-0.3, -0.25) is 9.59 Å². The number of nitrogens with one attached hydrogen (secondary N) is 1. The molecule has 25 heavy (non-hydrogen) atoms. The van der Waals surface area contributed by atoms with Crippen LogP contribution in [-0.4, -0.2) is 32.7 Å². The predicted molar refractivity (Wildman–Crippen MR) is 92.5 cm³/mol. The van der Waals surface area contributed by atoms with Gasteiger partial charge in [-0.05, 0) is 12.1 Å². The quantitative estimate of drug-likeness (QED) is 0.743. The molecule has 0 bridgehead atoms. The van der Waals surface area contributed by atoms with Gasteiger partial charge in [0.15, 0.2) is 6.61 Å². The third kappa shape index (κ3) is 5.53. The number of carbonyl (C=O) groups excluding carboxylic acids is 2. The zero-order chi connectivity index (χ0) is 18.1. The van der Waals surface area contributed by atoms with Crippen molar-refractivity contribution in [1.82, 2.24) is 5.32 Å². The van der Waals surface area contributed by atoms with E-state index in [0.29, 0.717) is 23.6 Å². The Balaban J connectivity index is 1.78. The Hall–Kier alpha value is -3.02. The fraction of sp³-hybridized carbons (Fsp3) is 0.263.